The quantitative estimate of drug-likeness (QED) is 0.395. The van der Waals surface area contributed by atoms with Crippen molar-refractivity contribution in [2.45, 2.75) is 27.2 Å². The summed E-state index contributed by atoms with van der Waals surface area (Å²) in [4.78, 5) is 22.7. The van der Waals surface area contributed by atoms with E-state index >= 15 is 0 Å². The first-order valence-electron chi connectivity index (χ1n) is 5.31. The largest absolute Gasteiger partial charge is 0.463 e. The minimum absolute atomic E-state index is 0.287. The van der Waals surface area contributed by atoms with Gasteiger partial charge in [0, 0.05) is 11.6 Å². The zero-order valence-electron chi connectivity index (χ0n) is 9.99. The lowest BCUT2D eigenvalue weighted by Gasteiger charge is -2.04. The van der Waals surface area contributed by atoms with Crippen LogP contribution in [0.25, 0.3) is 0 Å². The highest BCUT2D eigenvalue weighted by Crippen LogP contribution is 2.06. The number of esters is 2. The number of hydrogen-bond acceptors (Lipinski definition) is 4. The first kappa shape index (κ1) is 14.4. The smallest absolute Gasteiger partial charge is 0.334 e. The van der Waals surface area contributed by atoms with E-state index in [9.17, 15) is 9.59 Å². The van der Waals surface area contributed by atoms with Crippen molar-refractivity contribution in [3.05, 3.63) is 23.8 Å². The lowest BCUT2D eigenvalue weighted by atomic mass is 10.1. The van der Waals surface area contributed by atoms with E-state index in [1.54, 1.807) is 26.0 Å². The molecule has 0 amide bonds. The van der Waals surface area contributed by atoms with Crippen LogP contribution < -0.4 is 0 Å². The summed E-state index contributed by atoms with van der Waals surface area (Å²) in [6, 6.07) is 0. The lowest BCUT2D eigenvalue weighted by Crippen LogP contribution is -2.10. The molecule has 0 unspecified atom stereocenters. The minimum Gasteiger partial charge on any atom is -0.463 e. The molecule has 16 heavy (non-hydrogen) atoms. The molecule has 4 heteroatoms. The van der Waals surface area contributed by atoms with Gasteiger partial charge in [0.15, 0.2) is 0 Å². The molecule has 0 aliphatic heterocycles. The monoisotopic (exact) mass is 226 g/mol. The number of ether oxygens (including phenoxy) is 2. The van der Waals surface area contributed by atoms with E-state index < -0.39 is 11.9 Å². The van der Waals surface area contributed by atoms with Crippen LogP contribution in [0.3, 0.4) is 0 Å². The molecule has 0 aliphatic carbocycles. The number of allylic oxidation sites excluding steroid dienone is 2. The number of hydrogen-bond donors (Lipinski definition) is 0. The van der Waals surface area contributed by atoms with E-state index in [2.05, 4.69) is 0 Å². The Morgan fingerprint density at radius 1 is 1.12 bits per heavy atom. The van der Waals surface area contributed by atoms with Gasteiger partial charge in [-0.3, -0.25) is 0 Å². The van der Waals surface area contributed by atoms with Gasteiger partial charge in [-0.05, 0) is 27.2 Å². The molecular formula is C12H18O4. The van der Waals surface area contributed by atoms with Crippen LogP contribution in [0.2, 0.25) is 0 Å². The topological polar surface area (TPSA) is 52.6 Å². The van der Waals surface area contributed by atoms with Crippen LogP contribution in [0.15, 0.2) is 23.8 Å². The Labute approximate surface area is 95.9 Å². The molecule has 0 spiro atoms. The summed E-state index contributed by atoms with van der Waals surface area (Å²) in [5, 5.41) is 0. The van der Waals surface area contributed by atoms with Crippen molar-refractivity contribution in [2.24, 2.45) is 0 Å². The van der Waals surface area contributed by atoms with Crippen molar-refractivity contribution in [3.8, 4) is 0 Å². The molecule has 0 heterocycles. The second-order valence-corrected chi connectivity index (χ2v) is 2.92. The Bertz CT molecular complexity index is 289. The predicted molar refractivity (Wildman–Crippen MR) is 60.8 cm³/mol. The second-order valence-electron chi connectivity index (χ2n) is 2.92. The van der Waals surface area contributed by atoms with Gasteiger partial charge >= 0.3 is 11.9 Å². The average molecular weight is 226 g/mol. The fraction of sp³-hybridized carbons (Fsp3) is 0.500. The van der Waals surface area contributed by atoms with Gasteiger partial charge < -0.3 is 9.47 Å². The zero-order valence-corrected chi connectivity index (χ0v) is 9.99. The van der Waals surface area contributed by atoms with Crippen LogP contribution >= 0.6 is 0 Å². The maximum atomic E-state index is 11.5. The molecule has 0 atom stereocenters. The third kappa shape index (κ3) is 6.01. The Kier molecular flexibility index (Phi) is 7.85. The highest BCUT2D eigenvalue weighted by atomic mass is 16.5. The van der Waals surface area contributed by atoms with E-state index in [0.29, 0.717) is 12.0 Å². The summed E-state index contributed by atoms with van der Waals surface area (Å²) in [5.74, 6) is -0.997. The van der Waals surface area contributed by atoms with E-state index in [0.717, 1.165) is 0 Å². The van der Waals surface area contributed by atoms with Crippen LogP contribution in [0.1, 0.15) is 27.2 Å². The van der Waals surface area contributed by atoms with E-state index in [4.69, 9.17) is 9.47 Å². The Balaban J connectivity index is 4.64. The Morgan fingerprint density at radius 2 is 1.75 bits per heavy atom. The first-order valence-corrected chi connectivity index (χ1v) is 5.31. The summed E-state index contributed by atoms with van der Waals surface area (Å²) in [6.45, 7) is 5.84. The van der Waals surface area contributed by atoms with Gasteiger partial charge in [-0.1, -0.05) is 12.2 Å². The molecule has 90 valence electrons. The van der Waals surface area contributed by atoms with E-state index in [-0.39, 0.29) is 13.2 Å². The predicted octanol–water partition coefficient (Wildman–Crippen LogP) is 2.01. The van der Waals surface area contributed by atoms with Gasteiger partial charge in [-0.25, -0.2) is 9.59 Å². The summed E-state index contributed by atoms with van der Waals surface area (Å²) in [5.41, 5.74) is 0.304. The van der Waals surface area contributed by atoms with Crippen molar-refractivity contribution in [1.82, 2.24) is 0 Å². The van der Waals surface area contributed by atoms with Gasteiger partial charge in [-0.2, -0.15) is 0 Å². The molecule has 0 saturated heterocycles. The van der Waals surface area contributed by atoms with Gasteiger partial charge in [0.2, 0.25) is 0 Å². The second kappa shape index (κ2) is 8.71. The van der Waals surface area contributed by atoms with Crippen molar-refractivity contribution >= 4 is 11.9 Å². The fourth-order valence-corrected chi connectivity index (χ4v) is 0.996. The van der Waals surface area contributed by atoms with Crippen LogP contribution in [-0.4, -0.2) is 25.2 Å². The van der Waals surface area contributed by atoms with Crippen molar-refractivity contribution < 1.29 is 19.1 Å². The molecule has 0 bridgehead atoms. The summed E-state index contributed by atoms with van der Waals surface area (Å²) in [6.07, 6.45) is 5.13. The number of rotatable bonds is 6. The van der Waals surface area contributed by atoms with Crippen LogP contribution in [0.5, 0.6) is 0 Å². The molecular weight excluding hydrogens is 208 g/mol. The normalized spacial score (nSPS) is 11.6. The molecule has 4 nitrogen and oxygen atoms in total. The summed E-state index contributed by atoms with van der Waals surface area (Å²) >= 11 is 0. The van der Waals surface area contributed by atoms with Gasteiger partial charge in [0.05, 0.1) is 13.2 Å². The molecule has 0 aromatic rings. The average Bonchev–Trinajstić information content (AvgIpc) is 2.24. The molecule has 0 aromatic heterocycles. The van der Waals surface area contributed by atoms with Gasteiger partial charge in [-0.15, -0.1) is 0 Å². The van der Waals surface area contributed by atoms with Crippen LogP contribution in [-0.2, 0) is 19.1 Å². The Hall–Kier alpha value is -1.58. The van der Waals surface area contributed by atoms with Crippen molar-refractivity contribution in [1.29, 1.82) is 0 Å². The highest BCUT2D eigenvalue weighted by Gasteiger charge is 2.11. The molecule has 0 aliphatic rings. The van der Waals surface area contributed by atoms with E-state index in [1.165, 1.54) is 6.08 Å². The highest BCUT2D eigenvalue weighted by molar-refractivity contribution is 5.96. The SMILES string of the molecule is C/C=C/C/C(=C\C(=O)OCC)C(=O)OCC. The molecule has 0 saturated carbocycles. The van der Waals surface area contributed by atoms with Crippen molar-refractivity contribution in [2.75, 3.05) is 13.2 Å². The molecule has 0 aromatic carbocycles. The molecule has 0 fully saturated rings. The van der Waals surface area contributed by atoms with Gasteiger partial charge in [0.25, 0.3) is 0 Å². The zero-order chi connectivity index (χ0) is 12.4. The first-order chi connectivity index (χ1) is 7.65. The number of carbonyl (C=O) groups is 2. The Morgan fingerprint density at radius 3 is 2.25 bits per heavy atom. The number of carbonyl (C=O) groups excluding carboxylic acids is 2. The summed E-state index contributed by atoms with van der Waals surface area (Å²) in [7, 11) is 0. The van der Waals surface area contributed by atoms with Crippen LogP contribution in [0, 0.1) is 0 Å². The standard InChI is InChI=1S/C12H18O4/c1-4-7-8-10(12(14)16-6-3)9-11(13)15-5-2/h4,7,9H,5-6,8H2,1-3H3/b7-4+,10-9+. The maximum absolute atomic E-state index is 11.5. The lowest BCUT2D eigenvalue weighted by molar-refractivity contribution is -0.141. The van der Waals surface area contributed by atoms with Crippen LogP contribution in [0.4, 0.5) is 0 Å². The molecule has 0 rings (SSSR count). The third-order valence-electron chi connectivity index (χ3n) is 1.69. The van der Waals surface area contributed by atoms with Gasteiger partial charge in [0.1, 0.15) is 0 Å². The van der Waals surface area contributed by atoms with E-state index in [1.807, 2.05) is 6.92 Å². The van der Waals surface area contributed by atoms with Crippen molar-refractivity contribution in [3.63, 3.8) is 0 Å². The fourth-order valence-electron chi connectivity index (χ4n) is 0.996. The minimum atomic E-state index is -0.518. The molecule has 0 N–H and O–H groups in total. The maximum Gasteiger partial charge on any atom is 0.334 e. The third-order valence-corrected chi connectivity index (χ3v) is 1.69. The summed E-state index contributed by atoms with van der Waals surface area (Å²) < 4.78 is 9.56. The molecule has 0 radical (unpaired) electrons.